The van der Waals surface area contributed by atoms with Crippen molar-refractivity contribution in [1.29, 1.82) is 0 Å². The average Bonchev–Trinajstić information content (AvgIpc) is 3.06. The summed E-state index contributed by atoms with van der Waals surface area (Å²) >= 11 is 1.67. The van der Waals surface area contributed by atoms with Crippen molar-refractivity contribution in [3.05, 3.63) is 42.0 Å². The van der Waals surface area contributed by atoms with E-state index >= 15 is 0 Å². The SMILES string of the molecule is O=C(C1CCN(c2ncnc3scc(-c4ccccc4)c23)CC1)N1CCCCCC1. The standard InChI is InChI=1S/C24H28N4OS/c29-24(28-12-6-1-2-7-13-28)19-10-14-27(15-11-19)22-21-20(18-8-4-3-5-9-18)16-30-23(21)26-17-25-22/h3-5,8-9,16-17,19H,1-2,6-7,10-15H2. The number of hydrogen-bond acceptors (Lipinski definition) is 5. The molecule has 0 N–H and O–H groups in total. The molecule has 4 heterocycles. The maximum absolute atomic E-state index is 13.0. The number of carbonyl (C=O) groups excluding carboxylic acids is 1. The Morgan fingerprint density at radius 2 is 1.67 bits per heavy atom. The number of benzene rings is 1. The Morgan fingerprint density at radius 1 is 0.933 bits per heavy atom. The molecule has 0 atom stereocenters. The molecule has 0 radical (unpaired) electrons. The topological polar surface area (TPSA) is 49.3 Å². The molecule has 2 aromatic heterocycles. The molecule has 156 valence electrons. The van der Waals surface area contributed by atoms with Gasteiger partial charge in [0, 0.05) is 43.0 Å². The molecule has 5 rings (SSSR count). The minimum atomic E-state index is 0.160. The van der Waals surface area contributed by atoms with Gasteiger partial charge in [-0.3, -0.25) is 4.79 Å². The summed E-state index contributed by atoms with van der Waals surface area (Å²) in [5.41, 5.74) is 2.40. The van der Waals surface area contributed by atoms with Crippen molar-refractivity contribution >= 4 is 33.3 Å². The fourth-order valence-corrected chi connectivity index (χ4v) is 5.73. The number of thiophene rings is 1. The minimum absolute atomic E-state index is 0.160. The van der Waals surface area contributed by atoms with Gasteiger partial charge in [-0.05, 0) is 31.2 Å². The highest BCUT2D eigenvalue weighted by Gasteiger charge is 2.30. The zero-order valence-electron chi connectivity index (χ0n) is 17.3. The fraction of sp³-hybridized carbons (Fsp3) is 0.458. The Hall–Kier alpha value is -2.47. The first-order valence-corrected chi connectivity index (χ1v) is 12.0. The van der Waals surface area contributed by atoms with Crippen LogP contribution in [0.25, 0.3) is 21.3 Å². The molecule has 1 amide bonds. The van der Waals surface area contributed by atoms with Gasteiger partial charge in [-0.25, -0.2) is 9.97 Å². The maximum Gasteiger partial charge on any atom is 0.225 e. The van der Waals surface area contributed by atoms with Crippen LogP contribution in [-0.4, -0.2) is 47.0 Å². The van der Waals surface area contributed by atoms with Crippen LogP contribution in [0.3, 0.4) is 0 Å². The molecular weight excluding hydrogens is 392 g/mol. The molecule has 2 aliphatic heterocycles. The first-order valence-electron chi connectivity index (χ1n) is 11.1. The number of anilines is 1. The molecule has 0 saturated carbocycles. The predicted molar refractivity (Wildman–Crippen MR) is 123 cm³/mol. The second-order valence-electron chi connectivity index (χ2n) is 8.39. The van der Waals surface area contributed by atoms with Gasteiger partial charge >= 0.3 is 0 Å². The Bertz CT molecular complexity index is 1000. The van der Waals surface area contributed by atoms with E-state index in [0.717, 1.165) is 67.9 Å². The lowest BCUT2D eigenvalue weighted by Gasteiger charge is -2.35. The number of nitrogens with zero attached hydrogens (tertiary/aromatic N) is 4. The summed E-state index contributed by atoms with van der Waals surface area (Å²) in [4.78, 5) is 27.8. The summed E-state index contributed by atoms with van der Waals surface area (Å²) in [5.74, 6) is 1.55. The zero-order chi connectivity index (χ0) is 20.3. The Balaban J connectivity index is 1.35. The van der Waals surface area contributed by atoms with Crippen molar-refractivity contribution in [3.63, 3.8) is 0 Å². The lowest BCUT2D eigenvalue weighted by molar-refractivity contribution is -0.136. The summed E-state index contributed by atoms with van der Waals surface area (Å²) in [7, 11) is 0. The lowest BCUT2D eigenvalue weighted by atomic mass is 9.94. The van der Waals surface area contributed by atoms with Crippen LogP contribution in [0, 0.1) is 5.92 Å². The molecule has 2 fully saturated rings. The van der Waals surface area contributed by atoms with Crippen molar-refractivity contribution in [1.82, 2.24) is 14.9 Å². The van der Waals surface area contributed by atoms with E-state index in [1.165, 1.54) is 24.0 Å². The van der Waals surface area contributed by atoms with Crippen molar-refractivity contribution in [2.75, 3.05) is 31.1 Å². The van der Waals surface area contributed by atoms with Gasteiger partial charge in [0.1, 0.15) is 17.0 Å². The van der Waals surface area contributed by atoms with Crippen molar-refractivity contribution in [2.45, 2.75) is 38.5 Å². The first-order chi connectivity index (χ1) is 14.8. The fourth-order valence-electron chi connectivity index (χ4n) is 4.82. The lowest BCUT2D eigenvalue weighted by Crippen LogP contribution is -2.43. The van der Waals surface area contributed by atoms with Crippen LogP contribution in [0.1, 0.15) is 38.5 Å². The van der Waals surface area contributed by atoms with E-state index in [1.54, 1.807) is 17.7 Å². The normalized spacial score (nSPS) is 18.5. The molecule has 0 spiro atoms. The van der Waals surface area contributed by atoms with Crippen LogP contribution in [-0.2, 0) is 4.79 Å². The summed E-state index contributed by atoms with van der Waals surface area (Å²) in [6, 6.07) is 10.5. The molecule has 3 aromatic rings. The van der Waals surface area contributed by atoms with E-state index in [2.05, 4.69) is 49.4 Å². The largest absolute Gasteiger partial charge is 0.356 e. The Morgan fingerprint density at radius 3 is 2.40 bits per heavy atom. The van der Waals surface area contributed by atoms with Crippen molar-refractivity contribution in [3.8, 4) is 11.1 Å². The van der Waals surface area contributed by atoms with Crippen molar-refractivity contribution in [2.24, 2.45) is 5.92 Å². The molecule has 30 heavy (non-hydrogen) atoms. The van der Waals surface area contributed by atoms with Gasteiger partial charge in [0.2, 0.25) is 5.91 Å². The monoisotopic (exact) mass is 420 g/mol. The molecular formula is C24H28N4OS. The van der Waals surface area contributed by atoms with E-state index < -0.39 is 0 Å². The van der Waals surface area contributed by atoms with E-state index in [-0.39, 0.29) is 5.92 Å². The number of carbonyl (C=O) groups is 1. The third kappa shape index (κ3) is 3.81. The summed E-state index contributed by atoms with van der Waals surface area (Å²) in [6.07, 6.45) is 8.33. The van der Waals surface area contributed by atoms with E-state index in [4.69, 9.17) is 0 Å². The van der Waals surface area contributed by atoms with Gasteiger partial charge in [0.05, 0.1) is 5.39 Å². The maximum atomic E-state index is 13.0. The molecule has 0 bridgehead atoms. The third-order valence-corrected chi connectivity index (χ3v) is 7.38. The van der Waals surface area contributed by atoms with E-state index in [1.807, 2.05) is 6.07 Å². The van der Waals surface area contributed by atoms with Gasteiger partial charge in [-0.2, -0.15) is 0 Å². The van der Waals surface area contributed by atoms with Gasteiger partial charge < -0.3 is 9.80 Å². The number of aromatic nitrogens is 2. The molecule has 5 nitrogen and oxygen atoms in total. The Labute approximate surface area is 181 Å². The number of rotatable bonds is 3. The Kier molecular flexibility index (Phi) is 5.67. The second-order valence-corrected chi connectivity index (χ2v) is 9.25. The van der Waals surface area contributed by atoms with Crippen molar-refractivity contribution < 1.29 is 4.79 Å². The first kappa shape index (κ1) is 19.5. The summed E-state index contributed by atoms with van der Waals surface area (Å²) in [6.45, 7) is 3.64. The second kappa shape index (κ2) is 8.72. The van der Waals surface area contributed by atoms with E-state index in [9.17, 15) is 4.79 Å². The number of hydrogen-bond donors (Lipinski definition) is 0. The molecule has 2 aliphatic rings. The smallest absolute Gasteiger partial charge is 0.225 e. The quantitative estimate of drug-likeness (QED) is 0.600. The molecule has 2 saturated heterocycles. The molecule has 0 aliphatic carbocycles. The number of amides is 1. The number of likely N-dealkylation sites (tertiary alicyclic amines) is 1. The molecule has 6 heteroatoms. The zero-order valence-corrected chi connectivity index (χ0v) is 18.1. The average molecular weight is 421 g/mol. The molecule has 0 unspecified atom stereocenters. The number of fused-ring (bicyclic) bond motifs is 1. The van der Waals surface area contributed by atoms with Crippen LogP contribution >= 0.6 is 11.3 Å². The highest BCUT2D eigenvalue weighted by molar-refractivity contribution is 7.17. The van der Waals surface area contributed by atoms with Crippen LogP contribution < -0.4 is 4.90 Å². The van der Waals surface area contributed by atoms with E-state index in [0.29, 0.717) is 5.91 Å². The van der Waals surface area contributed by atoms with Gasteiger partial charge in [0.15, 0.2) is 0 Å². The third-order valence-electron chi connectivity index (χ3n) is 6.50. The van der Waals surface area contributed by atoms with Gasteiger partial charge in [-0.15, -0.1) is 11.3 Å². The van der Waals surface area contributed by atoms with Crippen LogP contribution in [0.15, 0.2) is 42.0 Å². The summed E-state index contributed by atoms with van der Waals surface area (Å²) in [5, 5.41) is 3.33. The molecule has 1 aromatic carbocycles. The van der Waals surface area contributed by atoms with Crippen LogP contribution in [0.2, 0.25) is 0 Å². The minimum Gasteiger partial charge on any atom is -0.356 e. The van der Waals surface area contributed by atoms with Crippen LogP contribution in [0.4, 0.5) is 5.82 Å². The van der Waals surface area contributed by atoms with Gasteiger partial charge in [0.25, 0.3) is 0 Å². The highest BCUT2D eigenvalue weighted by atomic mass is 32.1. The van der Waals surface area contributed by atoms with Crippen LogP contribution in [0.5, 0.6) is 0 Å². The van der Waals surface area contributed by atoms with Gasteiger partial charge in [-0.1, -0.05) is 43.2 Å². The number of piperidine rings is 1. The highest BCUT2D eigenvalue weighted by Crippen LogP contribution is 2.38. The predicted octanol–water partition coefficient (Wildman–Crippen LogP) is 4.98. The summed E-state index contributed by atoms with van der Waals surface area (Å²) < 4.78 is 0.